The van der Waals surface area contributed by atoms with Gasteiger partial charge in [-0.05, 0) is 44.0 Å². The fourth-order valence-electron chi connectivity index (χ4n) is 3.52. The fourth-order valence-corrected chi connectivity index (χ4v) is 4.46. The number of pyridine rings is 1. The third kappa shape index (κ3) is 3.48. The first-order chi connectivity index (χ1) is 12.6. The summed E-state index contributed by atoms with van der Waals surface area (Å²) in [5, 5.41) is 0. The molecule has 134 valence electrons. The summed E-state index contributed by atoms with van der Waals surface area (Å²) in [5.41, 5.74) is 3.81. The van der Waals surface area contributed by atoms with Crippen molar-refractivity contribution in [2.45, 2.75) is 33.2 Å². The third-order valence-corrected chi connectivity index (χ3v) is 5.90. The van der Waals surface area contributed by atoms with E-state index in [0.29, 0.717) is 11.5 Å². The van der Waals surface area contributed by atoms with Crippen molar-refractivity contribution in [3.63, 3.8) is 0 Å². The third-order valence-electron chi connectivity index (χ3n) is 4.89. The number of thiophene rings is 1. The first-order valence-corrected chi connectivity index (χ1v) is 9.73. The van der Waals surface area contributed by atoms with Gasteiger partial charge in [-0.3, -0.25) is 14.7 Å². The van der Waals surface area contributed by atoms with Crippen LogP contribution in [-0.2, 0) is 19.4 Å². The monoisotopic (exact) mass is 366 g/mol. The van der Waals surface area contributed by atoms with Crippen molar-refractivity contribution in [3.8, 4) is 11.5 Å². The number of aromatic nitrogens is 3. The molecule has 4 rings (SSSR count). The number of rotatable bonds is 3. The van der Waals surface area contributed by atoms with E-state index in [4.69, 9.17) is 4.98 Å². The lowest BCUT2D eigenvalue weighted by Gasteiger charge is -2.19. The average Bonchev–Trinajstić information content (AvgIpc) is 2.82. The molecule has 0 radical (unpaired) electrons. The highest BCUT2D eigenvalue weighted by Gasteiger charge is 2.20. The van der Waals surface area contributed by atoms with Crippen LogP contribution in [0, 0.1) is 13.8 Å². The molecule has 0 aromatic carbocycles. The summed E-state index contributed by atoms with van der Waals surface area (Å²) in [5.74, 6) is 0.562. The van der Waals surface area contributed by atoms with Gasteiger partial charge in [0.25, 0.3) is 5.56 Å². The molecular formula is C20H22N4OS. The van der Waals surface area contributed by atoms with Gasteiger partial charge >= 0.3 is 0 Å². The molecule has 0 fully saturated rings. The van der Waals surface area contributed by atoms with Gasteiger partial charge in [0.05, 0.1) is 5.69 Å². The Balaban J connectivity index is 1.57. The maximum absolute atomic E-state index is 12.6. The lowest BCUT2D eigenvalue weighted by atomic mass is 10.1. The van der Waals surface area contributed by atoms with E-state index in [2.05, 4.69) is 34.8 Å². The van der Waals surface area contributed by atoms with E-state index in [-0.39, 0.29) is 5.56 Å². The topological polar surface area (TPSA) is 61.9 Å². The zero-order chi connectivity index (χ0) is 18.1. The minimum Gasteiger partial charge on any atom is -0.305 e. The van der Waals surface area contributed by atoms with E-state index in [1.807, 2.05) is 29.5 Å². The molecule has 0 amide bonds. The van der Waals surface area contributed by atoms with Crippen LogP contribution in [0.4, 0.5) is 0 Å². The van der Waals surface area contributed by atoms with Crippen molar-refractivity contribution in [3.05, 3.63) is 67.4 Å². The molecule has 5 nitrogen and oxygen atoms in total. The fraction of sp³-hybridized carbons (Fsp3) is 0.350. The second-order valence-corrected chi connectivity index (χ2v) is 8.23. The van der Waals surface area contributed by atoms with Crippen LogP contribution in [0.3, 0.4) is 0 Å². The predicted octanol–water partition coefficient (Wildman–Crippen LogP) is 3.11. The quantitative estimate of drug-likeness (QED) is 0.774. The van der Waals surface area contributed by atoms with Gasteiger partial charge in [0.15, 0.2) is 5.82 Å². The Morgan fingerprint density at radius 1 is 1.23 bits per heavy atom. The van der Waals surface area contributed by atoms with E-state index in [1.165, 1.54) is 15.3 Å². The molecule has 1 N–H and O–H groups in total. The zero-order valence-corrected chi connectivity index (χ0v) is 15.9. The Kier molecular flexibility index (Phi) is 4.70. The standard InChI is InChI=1S/C20H22N4OS/c1-13-11-15(14(2)26-13)12-24-9-6-16-17(7-10-24)22-19(23-20(16)25)18-5-3-4-8-21-18/h3-5,8,11H,6-7,9-10,12H2,1-2H3,(H,22,23,25). The lowest BCUT2D eigenvalue weighted by molar-refractivity contribution is 0.278. The highest BCUT2D eigenvalue weighted by molar-refractivity contribution is 7.12. The first kappa shape index (κ1) is 17.1. The molecule has 0 bridgehead atoms. The van der Waals surface area contributed by atoms with Gasteiger partial charge in [-0.2, -0.15) is 0 Å². The Bertz CT molecular complexity index is 977. The Hall–Kier alpha value is -2.31. The van der Waals surface area contributed by atoms with Crippen LogP contribution in [0.1, 0.15) is 26.6 Å². The summed E-state index contributed by atoms with van der Waals surface area (Å²) in [6.07, 6.45) is 3.25. The normalized spacial score (nSPS) is 14.8. The highest BCUT2D eigenvalue weighted by atomic mass is 32.1. The second kappa shape index (κ2) is 7.13. The number of aryl methyl sites for hydroxylation is 2. The molecule has 0 spiro atoms. The summed E-state index contributed by atoms with van der Waals surface area (Å²) in [6, 6.07) is 7.91. The number of hydrogen-bond donors (Lipinski definition) is 1. The molecule has 0 atom stereocenters. The molecule has 0 aliphatic carbocycles. The van der Waals surface area contributed by atoms with Crippen LogP contribution in [0.5, 0.6) is 0 Å². The molecular weight excluding hydrogens is 344 g/mol. The molecule has 1 aliphatic rings. The summed E-state index contributed by atoms with van der Waals surface area (Å²) in [6.45, 7) is 7.08. The van der Waals surface area contributed by atoms with Gasteiger partial charge < -0.3 is 4.98 Å². The SMILES string of the molecule is Cc1cc(CN2CCc3nc(-c4ccccn4)[nH]c(=O)c3CC2)c(C)s1. The number of nitrogens with zero attached hydrogens (tertiary/aromatic N) is 3. The van der Waals surface area contributed by atoms with E-state index < -0.39 is 0 Å². The maximum Gasteiger partial charge on any atom is 0.254 e. The smallest absolute Gasteiger partial charge is 0.254 e. The molecule has 26 heavy (non-hydrogen) atoms. The van der Waals surface area contributed by atoms with Crippen molar-refractivity contribution in [2.24, 2.45) is 0 Å². The average molecular weight is 366 g/mol. The van der Waals surface area contributed by atoms with Gasteiger partial charge in [-0.25, -0.2) is 4.98 Å². The number of fused-ring (bicyclic) bond motifs is 1. The first-order valence-electron chi connectivity index (χ1n) is 8.92. The van der Waals surface area contributed by atoms with Crippen LogP contribution in [0.2, 0.25) is 0 Å². The van der Waals surface area contributed by atoms with E-state index in [9.17, 15) is 4.79 Å². The molecule has 3 aromatic rings. The molecule has 4 heterocycles. The lowest BCUT2D eigenvalue weighted by Crippen LogP contribution is -2.26. The van der Waals surface area contributed by atoms with Gasteiger partial charge in [0.2, 0.25) is 0 Å². The van der Waals surface area contributed by atoms with Crippen LogP contribution >= 0.6 is 11.3 Å². The van der Waals surface area contributed by atoms with Gasteiger partial charge in [-0.1, -0.05) is 6.07 Å². The Morgan fingerprint density at radius 3 is 2.81 bits per heavy atom. The number of H-pyrrole nitrogens is 1. The van der Waals surface area contributed by atoms with E-state index >= 15 is 0 Å². The predicted molar refractivity (Wildman–Crippen MR) is 105 cm³/mol. The van der Waals surface area contributed by atoms with Crippen molar-refractivity contribution >= 4 is 11.3 Å². The summed E-state index contributed by atoms with van der Waals surface area (Å²) in [4.78, 5) is 29.7. The summed E-state index contributed by atoms with van der Waals surface area (Å²) in [7, 11) is 0. The van der Waals surface area contributed by atoms with Crippen LogP contribution in [-0.4, -0.2) is 32.9 Å². The minimum atomic E-state index is -0.0277. The van der Waals surface area contributed by atoms with Crippen molar-refractivity contribution < 1.29 is 0 Å². The second-order valence-electron chi connectivity index (χ2n) is 6.77. The van der Waals surface area contributed by atoms with Gasteiger partial charge in [0.1, 0.15) is 5.69 Å². The van der Waals surface area contributed by atoms with Crippen LogP contribution in [0.25, 0.3) is 11.5 Å². The molecule has 0 saturated heterocycles. The zero-order valence-electron chi connectivity index (χ0n) is 15.1. The van der Waals surface area contributed by atoms with Crippen molar-refractivity contribution in [1.29, 1.82) is 0 Å². The molecule has 0 saturated carbocycles. The van der Waals surface area contributed by atoms with Gasteiger partial charge in [0, 0.05) is 47.6 Å². The van der Waals surface area contributed by atoms with Gasteiger partial charge in [-0.15, -0.1) is 11.3 Å². The molecule has 6 heteroatoms. The van der Waals surface area contributed by atoms with E-state index in [0.717, 1.165) is 43.7 Å². The molecule has 3 aromatic heterocycles. The highest BCUT2D eigenvalue weighted by Crippen LogP contribution is 2.23. The van der Waals surface area contributed by atoms with Crippen molar-refractivity contribution in [1.82, 2.24) is 19.9 Å². The number of nitrogens with one attached hydrogen (secondary N) is 1. The number of aromatic amines is 1. The maximum atomic E-state index is 12.6. The van der Waals surface area contributed by atoms with Crippen LogP contribution < -0.4 is 5.56 Å². The molecule has 0 unspecified atom stereocenters. The minimum absolute atomic E-state index is 0.0277. The largest absolute Gasteiger partial charge is 0.305 e. The van der Waals surface area contributed by atoms with E-state index in [1.54, 1.807) is 6.20 Å². The van der Waals surface area contributed by atoms with Crippen molar-refractivity contribution in [2.75, 3.05) is 13.1 Å². The summed E-state index contributed by atoms with van der Waals surface area (Å²) >= 11 is 1.85. The summed E-state index contributed by atoms with van der Waals surface area (Å²) < 4.78 is 0. The van der Waals surface area contributed by atoms with Crippen LogP contribution in [0.15, 0.2) is 35.3 Å². The Labute approximate surface area is 156 Å². The number of hydrogen-bond acceptors (Lipinski definition) is 5. The Morgan fingerprint density at radius 2 is 2.08 bits per heavy atom. The molecule has 1 aliphatic heterocycles.